The summed E-state index contributed by atoms with van der Waals surface area (Å²) < 4.78 is 77.7. The van der Waals surface area contributed by atoms with E-state index < -0.39 is 81.7 Å². The fourth-order valence-corrected chi connectivity index (χ4v) is 3.54. The lowest BCUT2D eigenvalue weighted by Crippen LogP contribution is -2.52. The maximum atomic E-state index is 15.1. The van der Waals surface area contributed by atoms with Crippen LogP contribution in [0.1, 0.15) is 46.7 Å². The van der Waals surface area contributed by atoms with E-state index in [1.807, 2.05) is 0 Å². The summed E-state index contributed by atoms with van der Waals surface area (Å²) in [6, 6.07) is -0.0769. The molecule has 4 rings (SSSR count). The van der Waals surface area contributed by atoms with Crippen LogP contribution in [-0.2, 0) is 33.3 Å². The first-order valence-electron chi connectivity index (χ1n) is 12.3. The highest BCUT2D eigenvalue weighted by molar-refractivity contribution is 6.30. The number of nitrogens with zero attached hydrogens (tertiary/aromatic N) is 1. The van der Waals surface area contributed by atoms with Crippen LogP contribution in [0.25, 0.3) is 0 Å². The monoisotopic (exact) mass is 467 g/mol. The highest BCUT2D eigenvalue weighted by atomic mass is 35.5. The van der Waals surface area contributed by atoms with Gasteiger partial charge < -0.3 is 10.2 Å². The molecule has 2 aliphatic rings. The van der Waals surface area contributed by atoms with Crippen molar-refractivity contribution in [1.82, 2.24) is 15.5 Å². The van der Waals surface area contributed by atoms with Crippen molar-refractivity contribution in [2.45, 2.75) is 37.8 Å². The van der Waals surface area contributed by atoms with E-state index in [-0.39, 0.29) is 30.5 Å². The molecule has 2 heterocycles. The summed E-state index contributed by atoms with van der Waals surface area (Å²) in [7, 11) is 0. The number of carbonyl (C=O) groups is 4. The van der Waals surface area contributed by atoms with Gasteiger partial charge in [-0.1, -0.05) is 35.8 Å². The lowest BCUT2D eigenvalue weighted by atomic mass is 10.0. The predicted molar refractivity (Wildman–Crippen MR) is 110 cm³/mol. The third-order valence-corrected chi connectivity index (χ3v) is 5.25. The normalized spacial score (nSPS) is 21.5. The number of piperidine rings is 1. The highest BCUT2D eigenvalue weighted by Gasteiger charge is 2.41. The van der Waals surface area contributed by atoms with Crippen LogP contribution in [-0.4, -0.2) is 34.6 Å². The molecule has 2 aliphatic heterocycles. The summed E-state index contributed by atoms with van der Waals surface area (Å²) >= 11 is 5.64. The number of alkyl halides is 2. The quantitative estimate of drug-likeness (QED) is 0.660. The van der Waals surface area contributed by atoms with E-state index in [1.54, 1.807) is 0 Å². The number of halogens is 3. The zero-order valence-corrected chi connectivity index (χ0v) is 16.9. The van der Waals surface area contributed by atoms with Crippen LogP contribution in [0.5, 0.6) is 0 Å². The molecule has 0 aromatic heterocycles. The first kappa shape index (κ1) is 15.5. The number of carbonyl (C=O) groups excluding carboxylic acids is 4. The third-order valence-electron chi connectivity index (χ3n) is 5.04. The Morgan fingerprint density at radius 1 is 1.31 bits per heavy atom. The van der Waals surface area contributed by atoms with Crippen molar-refractivity contribution in [3.8, 4) is 0 Å². The maximum absolute atomic E-state index is 15.1. The smallest absolute Gasteiger partial charge is 0.346 e. The molecule has 0 radical (unpaired) electrons. The van der Waals surface area contributed by atoms with E-state index in [4.69, 9.17) is 19.9 Å². The maximum Gasteiger partial charge on any atom is 0.349 e. The minimum absolute atomic E-state index is 0.0177. The summed E-state index contributed by atoms with van der Waals surface area (Å²) in [4.78, 5) is 50.3. The lowest BCUT2D eigenvalue weighted by Gasteiger charge is -2.29. The van der Waals surface area contributed by atoms with E-state index in [2.05, 4.69) is 5.32 Å². The minimum atomic E-state index is -4.72. The molecule has 7 nitrogen and oxygen atoms in total. The summed E-state index contributed by atoms with van der Waals surface area (Å²) in [5.41, 5.74) is -1.61. The van der Waals surface area contributed by atoms with Gasteiger partial charge in [-0.15, -0.1) is 0 Å². The number of rotatable bonds is 5. The molecule has 166 valence electrons. The molecule has 10 heteroatoms. The van der Waals surface area contributed by atoms with Crippen molar-refractivity contribution < 1.29 is 36.2 Å². The number of fused-ring (bicyclic) bond motifs is 1. The first-order chi connectivity index (χ1) is 17.6. The molecule has 4 amide bonds. The molecule has 0 spiro atoms. The molecule has 0 aliphatic carbocycles. The summed E-state index contributed by atoms with van der Waals surface area (Å²) in [5.74, 6) is -8.82. The van der Waals surface area contributed by atoms with Crippen LogP contribution < -0.4 is 10.6 Å². The zero-order chi connectivity index (χ0) is 28.3. The second kappa shape index (κ2) is 8.31. The van der Waals surface area contributed by atoms with E-state index in [9.17, 15) is 19.2 Å². The van der Waals surface area contributed by atoms with Gasteiger partial charge in [-0.3, -0.25) is 24.5 Å². The third kappa shape index (κ3) is 4.08. The zero-order valence-electron chi connectivity index (χ0n) is 22.2. The molecular weight excluding hydrogens is 444 g/mol. The van der Waals surface area contributed by atoms with Crippen LogP contribution in [0.2, 0.25) is 6.43 Å². The molecule has 0 bridgehead atoms. The number of amides is 4. The van der Waals surface area contributed by atoms with Crippen molar-refractivity contribution in [3.63, 3.8) is 0 Å². The number of hydrogen-bond donors (Lipinski definition) is 2. The topological polar surface area (TPSA) is 95.6 Å². The fourth-order valence-electron chi connectivity index (χ4n) is 3.44. The molecule has 2 N–H and O–H groups in total. The van der Waals surface area contributed by atoms with Crippen molar-refractivity contribution in [2.75, 3.05) is 0 Å². The van der Waals surface area contributed by atoms with Crippen molar-refractivity contribution in [2.24, 2.45) is 0 Å². The van der Waals surface area contributed by atoms with Gasteiger partial charge in [0.2, 0.25) is 11.8 Å². The summed E-state index contributed by atoms with van der Waals surface area (Å²) in [6.45, 7) is -3.32. The van der Waals surface area contributed by atoms with Gasteiger partial charge >= 0.3 is 5.92 Å². The molecule has 1 fully saturated rings. The minimum Gasteiger partial charge on any atom is -0.346 e. The number of nitrogens with one attached hydrogen (secondary N) is 2. The van der Waals surface area contributed by atoms with E-state index in [0.29, 0.717) is 6.07 Å². The van der Waals surface area contributed by atoms with Gasteiger partial charge in [-0.2, -0.15) is 8.78 Å². The highest BCUT2D eigenvalue weighted by Crippen LogP contribution is 2.30. The van der Waals surface area contributed by atoms with E-state index in [0.717, 1.165) is 12.1 Å². The van der Waals surface area contributed by atoms with Crippen molar-refractivity contribution in [1.29, 1.82) is 0 Å². The Bertz CT molecular complexity index is 1410. The van der Waals surface area contributed by atoms with Crippen LogP contribution in [0, 0.1) is 0 Å². The molecule has 1 unspecified atom stereocenters. The largest absolute Gasteiger partial charge is 0.349 e. The van der Waals surface area contributed by atoms with Crippen LogP contribution >= 0.6 is 11.6 Å². The van der Waals surface area contributed by atoms with Gasteiger partial charge in [0.15, 0.2) is 1.41 Å². The molecular formula is C22H18ClF2N3O4. The van der Waals surface area contributed by atoms with Crippen LogP contribution in [0.15, 0.2) is 42.4 Å². The number of hydrogen-bond acceptors (Lipinski definition) is 4. The molecule has 0 saturated carbocycles. The predicted octanol–water partition coefficient (Wildman–Crippen LogP) is 2.51. The Morgan fingerprint density at radius 2 is 2.09 bits per heavy atom. The molecule has 2 aromatic rings. The summed E-state index contributed by atoms with van der Waals surface area (Å²) in [6.07, 6.45) is 0.104. The standard InChI is InChI=1S/C22H18ClF2N3O4/c23-15-4-2-14(3-5-15)22(24,25)21(32)26-10-12-1-6-16-13(9-12)11-28(20(16)31)17-7-8-18(29)27-19(17)30/h1-6,9,17H,7-8,10-11H2,(H,26,32)(H,27,29,30)/i2D,3D,4D,10D2/hD. The Labute approximate surface area is 195 Å². The average molecular weight is 468 g/mol. The van der Waals surface area contributed by atoms with Gasteiger partial charge in [-0.05, 0) is 35.7 Å². The first-order valence-corrected chi connectivity index (χ1v) is 9.73. The van der Waals surface area contributed by atoms with Gasteiger partial charge in [0.05, 0.1) is 6.85 Å². The molecule has 1 atom stereocenters. The molecule has 2 aromatic carbocycles. The van der Waals surface area contributed by atoms with Gasteiger partial charge in [0.1, 0.15) is 6.04 Å². The van der Waals surface area contributed by atoms with Crippen LogP contribution in [0.3, 0.4) is 0 Å². The Hall–Kier alpha value is -3.33. The second-order valence-corrected chi connectivity index (χ2v) is 7.54. The molecule has 32 heavy (non-hydrogen) atoms. The van der Waals surface area contributed by atoms with Gasteiger partial charge in [0, 0.05) is 35.6 Å². The number of imide groups is 1. The lowest BCUT2D eigenvalue weighted by molar-refractivity contribution is -0.147. The average Bonchev–Trinajstić information content (AvgIpc) is 3.16. The SMILES string of the molecule is [2H]c1cc(Cl)c([2H])c([2H])c1C(F)(F)C(=O)N([2H])C([2H])([2H])c1ccc2c(c1)CN(C1CCC(=O)NC1=O)C2=O. The Kier molecular flexibility index (Phi) is 4.02. The van der Waals surface area contributed by atoms with Gasteiger partial charge in [-0.25, -0.2) is 0 Å². The fraction of sp³-hybridized carbons (Fsp3) is 0.273. The molecule has 1 saturated heterocycles. The van der Waals surface area contributed by atoms with E-state index >= 15 is 8.78 Å². The van der Waals surface area contributed by atoms with Crippen molar-refractivity contribution >= 4 is 35.2 Å². The second-order valence-electron chi connectivity index (χ2n) is 7.14. The Balaban J connectivity index is 1.62. The Morgan fingerprint density at radius 3 is 2.84 bits per heavy atom. The van der Waals surface area contributed by atoms with Gasteiger partial charge in [0.25, 0.3) is 11.8 Å². The number of benzene rings is 2. The van der Waals surface area contributed by atoms with E-state index in [1.165, 1.54) is 11.0 Å². The summed E-state index contributed by atoms with van der Waals surface area (Å²) in [5, 5.41) is 1.05. The van der Waals surface area contributed by atoms with Crippen molar-refractivity contribution in [3.05, 3.63) is 69.7 Å². The van der Waals surface area contributed by atoms with Crippen LogP contribution in [0.4, 0.5) is 8.78 Å².